The fourth-order valence-corrected chi connectivity index (χ4v) is 1.55. The average molecular weight is 208 g/mol. The van der Waals surface area contributed by atoms with Gasteiger partial charge in [0, 0.05) is 0 Å². The summed E-state index contributed by atoms with van der Waals surface area (Å²) in [5.74, 6) is -0.916. The van der Waals surface area contributed by atoms with Crippen molar-refractivity contribution in [1.82, 2.24) is 10.6 Å². The average Bonchev–Trinajstić information content (AvgIpc) is 2.42. The second-order valence-electron chi connectivity index (χ2n) is 3.54. The van der Waals surface area contributed by atoms with Gasteiger partial charge >= 0.3 is 6.03 Å². The van der Waals surface area contributed by atoms with E-state index in [-0.39, 0.29) is 0 Å². The Morgan fingerprint density at radius 1 is 1.33 bits per heavy atom. The highest BCUT2D eigenvalue weighted by Crippen LogP contribution is 2.24. The van der Waals surface area contributed by atoms with Crippen molar-refractivity contribution in [2.75, 3.05) is 0 Å². The third-order valence-corrected chi connectivity index (χ3v) is 2.45. The first-order valence-corrected chi connectivity index (χ1v) is 4.42. The van der Waals surface area contributed by atoms with E-state index in [0.29, 0.717) is 5.56 Å². The molecule has 78 valence electrons. The first kappa shape index (κ1) is 9.64. The molecule has 1 aliphatic rings. The van der Waals surface area contributed by atoms with Gasteiger partial charge in [0.15, 0.2) is 0 Å². The molecular weight excluding hydrogens is 199 g/mol. The third-order valence-electron chi connectivity index (χ3n) is 2.45. The van der Waals surface area contributed by atoms with Crippen molar-refractivity contribution in [3.63, 3.8) is 0 Å². The maximum absolute atomic E-state index is 13.0. The van der Waals surface area contributed by atoms with Crippen LogP contribution in [-0.2, 0) is 10.3 Å². The largest absolute Gasteiger partial charge is 0.322 e. The Bertz CT molecular complexity index is 447. The number of nitrogens with one attached hydrogen (secondary N) is 2. The van der Waals surface area contributed by atoms with Crippen molar-refractivity contribution >= 4 is 11.9 Å². The molecule has 1 atom stereocenters. The number of urea groups is 1. The van der Waals surface area contributed by atoms with Gasteiger partial charge in [-0.15, -0.1) is 0 Å². The van der Waals surface area contributed by atoms with Gasteiger partial charge in [-0.1, -0.05) is 12.1 Å². The van der Waals surface area contributed by atoms with Crippen LogP contribution in [0, 0.1) is 5.82 Å². The predicted molar refractivity (Wildman–Crippen MR) is 50.4 cm³/mol. The molecule has 1 heterocycles. The molecule has 2 rings (SSSR count). The molecule has 1 fully saturated rings. The molecule has 15 heavy (non-hydrogen) atoms. The maximum atomic E-state index is 13.0. The van der Waals surface area contributed by atoms with E-state index in [9.17, 15) is 14.0 Å². The molecular formula is C10H9FN2O2. The molecule has 0 radical (unpaired) electrons. The summed E-state index contributed by atoms with van der Waals surface area (Å²) in [5, 5.41) is 4.57. The molecule has 4 nitrogen and oxygen atoms in total. The lowest BCUT2D eigenvalue weighted by Crippen LogP contribution is -2.40. The quantitative estimate of drug-likeness (QED) is 0.673. The number of benzene rings is 1. The summed E-state index contributed by atoms with van der Waals surface area (Å²) in [4.78, 5) is 22.5. The van der Waals surface area contributed by atoms with Crippen LogP contribution in [0.1, 0.15) is 12.5 Å². The minimum atomic E-state index is -1.18. The standard InChI is InChI=1S/C10H9FN2O2/c1-10(8(14)12-9(15)13-10)6-3-2-4-7(11)5-6/h2-5H,1H3,(H2,12,13,14,15). The number of carbonyl (C=O) groups is 2. The molecule has 2 N–H and O–H groups in total. The molecule has 1 aromatic carbocycles. The van der Waals surface area contributed by atoms with Gasteiger partial charge in [0.2, 0.25) is 0 Å². The Hall–Kier alpha value is -1.91. The number of carbonyl (C=O) groups excluding carboxylic acids is 2. The molecule has 1 aliphatic heterocycles. The highest BCUT2D eigenvalue weighted by atomic mass is 19.1. The van der Waals surface area contributed by atoms with Gasteiger partial charge in [-0.25, -0.2) is 9.18 Å². The van der Waals surface area contributed by atoms with Crippen molar-refractivity contribution in [3.8, 4) is 0 Å². The monoisotopic (exact) mass is 208 g/mol. The van der Waals surface area contributed by atoms with Crippen LogP contribution in [0.15, 0.2) is 24.3 Å². The van der Waals surface area contributed by atoms with Gasteiger partial charge in [-0.05, 0) is 24.6 Å². The fourth-order valence-electron chi connectivity index (χ4n) is 1.55. The Kier molecular flexibility index (Phi) is 1.96. The molecule has 0 aliphatic carbocycles. The van der Waals surface area contributed by atoms with Crippen molar-refractivity contribution in [1.29, 1.82) is 0 Å². The van der Waals surface area contributed by atoms with Crippen LogP contribution < -0.4 is 10.6 Å². The van der Waals surface area contributed by atoms with E-state index in [0.717, 1.165) is 0 Å². The zero-order valence-corrected chi connectivity index (χ0v) is 8.00. The minimum Gasteiger partial charge on any atom is -0.320 e. The van der Waals surface area contributed by atoms with Crippen LogP contribution in [0.25, 0.3) is 0 Å². The lowest BCUT2D eigenvalue weighted by atomic mass is 9.92. The second-order valence-corrected chi connectivity index (χ2v) is 3.54. The van der Waals surface area contributed by atoms with Crippen molar-refractivity contribution < 1.29 is 14.0 Å². The summed E-state index contributed by atoms with van der Waals surface area (Å²) in [6, 6.07) is 5.03. The number of imide groups is 1. The Morgan fingerprint density at radius 3 is 2.60 bits per heavy atom. The van der Waals surface area contributed by atoms with Crippen LogP contribution in [0.4, 0.5) is 9.18 Å². The zero-order valence-electron chi connectivity index (χ0n) is 8.00. The summed E-state index contributed by atoms with van der Waals surface area (Å²) in [6.45, 7) is 1.53. The van der Waals surface area contributed by atoms with Crippen molar-refractivity contribution in [3.05, 3.63) is 35.6 Å². The topological polar surface area (TPSA) is 58.2 Å². The highest BCUT2D eigenvalue weighted by molar-refractivity contribution is 6.07. The van der Waals surface area contributed by atoms with E-state index in [1.54, 1.807) is 6.07 Å². The maximum Gasteiger partial charge on any atom is 0.322 e. The minimum absolute atomic E-state index is 0.422. The van der Waals surface area contributed by atoms with Gasteiger partial charge in [-0.2, -0.15) is 0 Å². The van der Waals surface area contributed by atoms with Gasteiger partial charge in [-0.3, -0.25) is 10.1 Å². The Morgan fingerprint density at radius 2 is 2.07 bits per heavy atom. The van der Waals surface area contributed by atoms with E-state index in [4.69, 9.17) is 0 Å². The number of hydrogen-bond acceptors (Lipinski definition) is 2. The summed E-state index contributed by atoms with van der Waals surface area (Å²) in [5.41, 5.74) is -0.759. The lowest BCUT2D eigenvalue weighted by molar-refractivity contribution is -0.123. The lowest BCUT2D eigenvalue weighted by Gasteiger charge is -2.20. The number of hydrogen-bond donors (Lipinski definition) is 2. The molecule has 0 bridgehead atoms. The highest BCUT2D eigenvalue weighted by Gasteiger charge is 2.43. The van der Waals surface area contributed by atoms with Crippen LogP contribution in [0.3, 0.4) is 0 Å². The van der Waals surface area contributed by atoms with Crippen LogP contribution in [0.5, 0.6) is 0 Å². The zero-order chi connectivity index (χ0) is 11.1. The summed E-state index contributed by atoms with van der Waals surface area (Å²) < 4.78 is 13.0. The number of rotatable bonds is 1. The summed E-state index contributed by atoms with van der Waals surface area (Å²) >= 11 is 0. The molecule has 1 unspecified atom stereocenters. The van der Waals surface area contributed by atoms with Gasteiger partial charge in [0.1, 0.15) is 11.4 Å². The normalized spacial score (nSPS) is 24.9. The number of amides is 3. The van der Waals surface area contributed by atoms with Crippen molar-refractivity contribution in [2.24, 2.45) is 0 Å². The van der Waals surface area contributed by atoms with Crippen LogP contribution in [0.2, 0.25) is 0 Å². The molecule has 1 aromatic rings. The fraction of sp³-hybridized carbons (Fsp3) is 0.200. The van der Waals surface area contributed by atoms with E-state index in [1.807, 2.05) is 0 Å². The SMILES string of the molecule is CC1(c2cccc(F)c2)NC(=O)NC1=O. The van der Waals surface area contributed by atoms with E-state index in [2.05, 4.69) is 10.6 Å². The molecule has 5 heteroatoms. The van der Waals surface area contributed by atoms with Gasteiger partial charge in [0.05, 0.1) is 0 Å². The summed E-state index contributed by atoms with van der Waals surface area (Å²) in [7, 11) is 0. The first-order chi connectivity index (χ1) is 7.02. The first-order valence-electron chi connectivity index (χ1n) is 4.42. The van der Waals surface area contributed by atoms with Gasteiger partial charge in [0.25, 0.3) is 5.91 Å². The van der Waals surface area contributed by atoms with E-state index in [1.165, 1.54) is 25.1 Å². The second kappa shape index (κ2) is 3.05. The van der Waals surface area contributed by atoms with E-state index >= 15 is 0 Å². The van der Waals surface area contributed by atoms with Crippen LogP contribution in [-0.4, -0.2) is 11.9 Å². The smallest absolute Gasteiger partial charge is 0.320 e. The van der Waals surface area contributed by atoms with E-state index < -0.39 is 23.3 Å². The molecule has 0 saturated carbocycles. The van der Waals surface area contributed by atoms with Crippen LogP contribution >= 0.6 is 0 Å². The predicted octanol–water partition coefficient (Wildman–Crippen LogP) is 0.880. The number of halogens is 1. The molecule has 0 aromatic heterocycles. The third kappa shape index (κ3) is 1.45. The molecule has 1 saturated heterocycles. The van der Waals surface area contributed by atoms with Crippen molar-refractivity contribution in [2.45, 2.75) is 12.5 Å². The Balaban J connectivity index is 2.46. The summed E-state index contributed by atoms with van der Waals surface area (Å²) in [6.07, 6.45) is 0. The molecule has 3 amide bonds. The Labute approximate surface area is 85.5 Å². The molecule has 0 spiro atoms. The van der Waals surface area contributed by atoms with Gasteiger partial charge < -0.3 is 5.32 Å².